The Labute approximate surface area is 161 Å². The number of hydrogen-bond donors (Lipinski definition) is 0. The highest BCUT2D eigenvalue weighted by molar-refractivity contribution is 7.88. The summed E-state index contributed by atoms with van der Waals surface area (Å²) in [5.41, 5.74) is 2.13. The monoisotopic (exact) mass is 408 g/mol. The number of hydrogen-bond acceptors (Lipinski definition) is 6. The lowest BCUT2D eigenvalue weighted by atomic mass is 10.1. The first-order valence-electron chi connectivity index (χ1n) is 8.12. The molecule has 0 amide bonds. The van der Waals surface area contributed by atoms with E-state index in [1.807, 2.05) is 24.3 Å². The molecule has 0 unspecified atom stereocenters. The van der Waals surface area contributed by atoms with Gasteiger partial charge in [-0.15, -0.1) is 11.3 Å². The van der Waals surface area contributed by atoms with Gasteiger partial charge in [-0.05, 0) is 17.7 Å². The molecule has 1 saturated heterocycles. The van der Waals surface area contributed by atoms with Gasteiger partial charge in [-0.1, -0.05) is 23.7 Å². The van der Waals surface area contributed by atoms with Crippen molar-refractivity contribution < 1.29 is 8.42 Å². The van der Waals surface area contributed by atoms with Crippen LogP contribution in [0.25, 0.3) is 21.3 Å². The molecular weight excluding hydrogens is 392 g/mol. The Hall–Kier alpha value is -1.74. The smallest absolute Gasteiger partial charge is 0.211 e. The average Bonchev–Trinajstić information content (AvgIpc) is 3.06. The topological polar surface area (TPSA) is 66.4 Å². The minimum absolute atomic E-state index is 0.463. The van der Waals surface area contributed by atoms with E-state index in [2.05, 4.69) is 20.2 Å². The van der Waals surface area contributed by atoms with Gasteiger partial charge in [0.25, 0.3) is 0 Å². The van der Waals surface area contributed by atoms with Crippen LogP contribution in [0.4, 0.5) is 5.82 Å². The average molecular weight is 409 g/mol. The number of aromatic nitrogens is 2. The van der Waals surface area contributed by atoms with E-state index in [0.29, 0.717) is 31.2 Å². The Morgan fingerprint density at radius 2 is 1.77 bits per heavy atom. The second-order valence-electron chi connectivity index (χ2n) is 6.18. The highest BCUT2D eigenvalue weighted by atomic mass is 35.5. The summed E-state index contributed by atoms with van der Waals surface area (Å²) < 4.78 is 25.0. The van der Waals surface area contributed by atoms with Gasteiger partial charge in [-0.2, -0.15) is 4.31 Å². The molecule has 1 aliphatic heterocycles. The summed E-state index contributed by atoms with van der Waals surface area (Å²) in [5, 5.41) is 3.79. The zero-order chi connectivity index (χ0) is 18.3. The van der Waals surface area contributed by atoms with Crippen LogP contribution in [0, 0.1) is 0 Å². The third kappa shape index (κ3) is 3.29. The molecule has 1 aliphatic rings. The second kappa shape index (κ2) is 6.77. The largest absolute Gasteiger partial charge is 0.353 e. The minimum Gasteiger partial charge on any atom is -0.353 e. The number of fused-ring (bicyclic) bond motifs is 1. The number of anilines is 1. The van der Waals surface area contributed by atoms with Gasteiger partial charge in [-0.25, -0.2) is 18.4 Å². The Kier molecular flexibility index (Phi) is 4.60. The maximum absolute atomic E-state index is 11.7. The van der Waals surface area contributed by atoms with Crippen molar-refractivity contribution in [1.29, 1.82) is 0 Å². The molecule has 4 rings (SSSR count). The molecule has 0 radical (unpaired) electrons. The van der Waals surface area contributed by atoms with Crippen LogP contribution >= 0.6 is 22.9 Å². The van der Waals surface area contributed by atoms with Crippen molar-refractivity contribution in [3.63, 3.8) is 0 Å². The number of nitrogens with zero attached hydrogens (tertiary/aromatic N) is 4. The quantitative estimate of drug-likeness (QED) is 0.666. The third-order valence-corrected chi connectivity index (χ3v) is 6.95. The molecule has 6 nitrogen and oxygen atoms in total. The zero-order valence-electron chi connectivity index (χ0n) is 14.1. The van der Waals surface area contributed by atoms with Crippen molar-refractivity contribution in [3.8, 4) is 11.1 Å². The molecule has 9 heteroatoms. The predicted octanol–water partition coefficient (Wildman–Crippen LogP) is 3.09. The van der Waals surface area contributed by atoms with Gasteiger partial charge in [0.2, 0.25) is 10.0 Å². The molecule has 0 aliphatic carbocycles. The van der Waals surface area contributed by atoms with Gasteiger partial charge in [0.05, 0.1) is 11.6 Å². The SMILES string of the molecule is CS(=O)(=O)N1CCN(c2ncnc3scc(-c4ccc(Cl)cc4)c23)CC1. The van der Waals surface area contributed by atoms with E-state index >= 15 is 0 Å². The maximum atomic E-state index is 11.7. The fraction of sp³-hybridized carbons (Fsp3) is 0.294. The predicted molar refractivity (Wildman–Crippen MR) is 106 cm³/mol. The molecule has 136 valence electrons. The second-order valence-corrected chi connectivity index (χ2v) is 9.46. The molecule has 0 bridgehead atoms. The summed E-state index contributed by atoms with van der Waals surface area (Å²) in [6.07, 6.45) is 2.83. The number of benzene rings is 1. The standard InChI is InChI=1S/C17H17ClN4O2S2/c1-26(23,24)22-8-6-21(7-9-22)16-15-14(10-25-17(15)20-11-19-16)12-2-4-13(18)5-3-12/h2-5,10-11H,6-9H2,1H3. The lowest BCUT2D eigenvalue weighted by molar-refractivity contribution is 0.387. The normalized spacial score (nSPS) is 16.3. The number of thiophene rings is 1. The van der Waals surface area contributed by atoms with Crippen LogP contribution in [0.1, 0.15) is 0 Å². The highest BCUT2D eigenvalue weighted by Crippen LogP contribution is 2.38. The molecule has 0 saturated carbocycles. The van der Waals surface area contributed by atoms with Gasteiger partial charge in [0.15, 0.2) is 0 Å². The van der Waals surface area contributed by atoms with Gasteiger partial charge < -0.3 is 4.90 Å². The number of halogens is 1. The fourth-order valence-corrected chi connectivity index (χ4v) is 5.04. The van der Waals surface area contributed by atoms with Crippen LogP contribution in [-0.4, -0.2) is 55.1 Å². The van der Waals surface area contributed by atoms with Crippen LogP contribution in [0.5, 0.6) is 0 Å². The van der Waals surface area contributed by atoms with Crippen molar-refractivity contribution in [2.45, 2.75) is 0 Å². The fourth-order valence-electron chi connectivity index (χ4n) is 3.17. The molecule has 0 atom stereocenters. The molecule has 3 heterocycles. The van der Waals surface area contributed by atoms with E-state index in [1.54, 1.807) is 17.7 Å². The summed E-state index contributed by atoms with van der Waals surface area (Å²) in [6.45, 7) is 2.14. The molecule has 2 aromatic heterocycles. The molecule has 26 heavy (non-hydrogen) atoms. The van der Waals surface area contributed by atoms with Crippen LogP contribution in [0.3, 0.4) is 0 Å². The Morgan fingerprint density at radius 1 is 1.08 bits per heavy atom. The molecule has 0 N–H and O–H groups in total. The third-order valence-electron chi connectivity index (χ3n) is 4.51. The van der Waals surface area contributed by atoms with E-state index in [0.717, 1.165) is 27.2 Å². The lowest BCUT2D eigenvalue weighted by Gasteiger charge is -2.34. The molecule has 1 fully saturated rings. The van der Waals surface area contributed by atoms with E-state index < -0.39 is 10.0 Å². The summed E-state index contributed by atoms with van der Waals surface area (Å²) >= 11 is 7.59. The van der Waals surface area contributed by atoms with E-state index in [4.69, 9.17) is 11.6 Å². The minimum atomic E-state index is -3.15. The first-order valence-corrected chi connectivity index (χ1v) is 11.2. The van der Waals surface area contributed by atoms with Gasteiger partial charge >= 0.3 is 0 Å². The number of piperazine rings is 1. The van der Waals surface area contributed by atoms with Gasteiger partial charge in [0.1, 0.15) is 17.0 Å². The van der Waals surface area contributed by atoms with Crippen LogP contribution in [0.15, 0.2) is 36.0 Å². The summed E-state index contributed by atoms with van der Waals surface area (Å²) in [7, 11) is -3.15. The van der Waals surface area contributed by atoms with Crippen LogP contribution in [-0.2, 0) is 10.0 Å². The van der Waals surface area contributed by atoms with Crippen molar-refractivity contribution in [1.82, 2.24) is 14.3 Å². The van der Waals surface area contributed by atoms with E-state index in [-0.39, 0.29) is 0 Å². The van der Waals surface area contributed by atoms with Crippen LogP contribution in [0.2, 0.25) is 5.02 Å². The molecule has 1 aromatic carbocycles. The maximum Gasteiger partial charge on any atom is 0.211 e. The number of sulfonamides is 1. The van der Waals surface area contributed by atoms with E-state index in [9.17, 15) is 8.42 Å². The van der Waals surface area contributed by atoms with Gasteiger partial charge in [0, 0.05) is 42.1 Å². The summed E-state index contributed by atoms with van der Waals surface area (Å²) in [4.78, 5) is 12.0. The summed E-state index contributed by atoms with van der Waals surface area (Å²) in [6, 6.07) is 7.72. The van der Waals surface area contributed by atoms with Crippen molar-refractivity contribution in [2.24, 2.45) is 0 Å². The number of rotatable bonds is 3. The van der Waals surface area contributed by atoms with Crippen molar-refractivity contribution in [2.75, 3.05) is 37.3 Å². The molecule has 0 spiro atoms. The van der Waals surface area contributed by atoms with Crippen molar-refractivity contribution in [3.05, 3.63) is 41.0 Å². The highest BCUT2D eigenvalue weighted by Gasteiger charge is 2.26. The molecular formula is C17H17ClN4O2S2. The molecule has 3 aromatic rings. The van der Waals surface area contributed by atoms with Crippen molar-refractivity contribution >= 4 is 49.0 Å². The van der Waals surface area contributed by atoms with Crippen LogP contribution < -0.4 is 4.90 Å². The van der Waals surface area contributed by atoms with Gasteiger partial charge in [-0.3, -0.25) is 0 Å². The lowest BCUT2D eigenvalue weighted by Crippen LogP contribution is -2.48. The summed E-state index contributed by atoms with van der Waals surface area (Å²) in [5.74, 6) is 0.856. The Morgan fingerprint density at radius 3 is 2.42 bits per heavy atom. The first kappa shape index (κ1) is 17.7. The zero-order valence-corrected chi connectivity index (χ0v) is 16.5. The Bertz CT molecular complexity index is 1040. The van der Waals surface area contributed by atoms with E-state index in [1.165, 1.54) is 10.6 Å². The first-order chi connectivity index (χ1) is 12.4. The Balaban J connectivity index is 1.72.